The molecule has 4 nitrogen and oxygen atoms in total. The van der Waals surface area contributed by atoms with E-state index in [2.05, 4.69) is 0 Å². The Bertz CT molecular complexity index is 450. The van der Waals surface area contributed by atoms with Crippen molar-refractivity contribution >= 4 is 19.4 Å². The third kappa shape index (κ3) is 3.99. The second kappa shape index (κ2) is 5.62. The maximum Gasteiger partial charge on any atom is 0.524 e. The molecule has 0 aromatic heterocycles. The largest absolute Gasteiger partial charge is 0.524 e. The molecule has 1 rings (SSSR count). The van der Waals surface area contributed by atoms with Crippen molar-refractivity contribution in [2.75, 3.05) is 0 Å². The van der Waals surface area contributed by atoms with Crippen LogP contribution in [-0.2, 0) is 4.57 Å². The van der Waals surface area contributed by atoms with Crippen LogP contribution >= 0.6 is 19.4 Å². The molecule has 0 saturated heterocycles. The van der Waals surface area contributed by atoms with Crippen LogP contribution < -0.4 is 4.52 Å². The van der Waals surface area contributed by atoms with Gasteiger partial charge in [-0.2, -0.15) is 0 Å². The Labute approximate surface area is 112 Å². The van der Waals surface area contributed by atoms with Crippen LogP contribution in [0.4, 0.5) is 0 Å². The SMILES string of the molecule is CC(C)c1cc(Cl)cc(C(C)C)c1OP(=O)(O)O. The third-order valence-electron chi connectivity index (χ3n) is 2.57. The molecule has 0 aliphatic carbocycles. The van der Waals surface area contributed by atoms with Gasteiger partial charge in [-0.15, -0.1) is 0 Å². The van der Waals surface area contributed by atoms with E-state index in [9.17, 15) is 4.57 Å². The number of hydrogen-bond acceptors (Lipinski definition) is 2. The standard InChI is InChI=1S/C12H18ClO4P/c1-7(2)10-5-9(13)6-11(8(3)4)12(10)17-18(14,15)16/h5-8H,1-4H3,(H2,14,15,16). The molecule has 0 bridgehead atoms. The van der Waals surface area contributed by atoms with Crippen LogP contribution in [0, 0.1) is 0 Å². The number of phosphoric ester groups is 1. The van der Waals surface area contributed by atoms with Gasteiger partial charge >= 0.3 is 7.82 Å². The fourth-order valence-corrected chi connectivity index (χ4v) is 2.40. The van der Waals surface area contributed by atoms with Crippen molar-refractivity contribution in [2.45, 2.75) is 39.5 Å². The fourth-order valence-electron chi connectivity index (χ4n) is 1.72. The van der Waals surface area contributed by atoms with Crippen LogP contribution in [0.25, 0.3) is 0 Å². The maximum absolute atomic E-state index is 11.1. The summed E-state index contributed by atoms with van der Waals surface area (Å²) in [5.74, 6) is 0.364. The lowest BCUT2D eigenvalue weighted by atomic mass is 9.94. The van der Waals surface area contributed by atoms with Crippen LogP contribution in [-0.4, -0.2) is 9.79 Å². The summed E-state index contributed by atoms with van der Waals surface area (Å²) < 4.78 is 15.9. The zero-order chi connectivity index (χ0) is 14.1. The number of benzene rings is 1. The number of rotatable bonds is 4. The Morgan fingerprint density at radius 1 is 1.11 bits per heavy atom. The first-order valence-electron chi connectivity index (χ1n) is 5.70. The molecular formula is C12H18ClO4P. The molecule has 0 atom stereocenters. The first kappa shape index (κ1) is 15.5. The van der Waals surface area contributed by atoms with E-state index >= 15 is 0 Å². The summed E-state index contributed by atoms with van der Waals surface area (Å²) in [4.78, 5) is 18.0. The lowest BCUT2D eigenvalue weighted by Gasteiger charge is -2.20. The average Bonchev–Trinajstić information content (AvgIpc) is 2.17. The van der Waals surface area contributed by atoms with Gasteiger partial charge in [0, 0.05) is 5.02 Å². The van der Waals surface area contributed by atoms with Gasteiger partial charge < -0.3 is 4.52 Å². The molecule has 1 aromatic rings. The van der Waals surface area contributed by atoms with E-state index in [1.807, 2.05) is 27.7 Å². The van der Waals surface area contributed by atoms with Gasteiger partial charge in [0.05, 0.1) is 0 Å². The molecule has 2 N–H and O–H groups in total. The van der Waals surface area contributed by atoms with Gasteiger partial charge in [0.25, 0.3) is 0 Å². The lowest BCUT2D eigenvalue weighted by molar-refractivity contribution is 0.280. The molecule has 1 aromatic carbocycles. The van der Waals surface area contributed by atoms with Gasteiger partial charge in [-0.25, -0.2) is 4.57 Å². The molecule has 0 amide bonds. The van der Waals surface area contributed by atoms with Gasteiger partial charge in [0.2, 0.25) is 0 Å². The number of phosphoric acid groups is 1. The topological polar surface area (TPSA) is 66.8 Å². The Morgan fingerprint density at radius 3 is 1.78 bits per heavy atom. The Balaban J connectivity index is 3.46. The predicted molar refractivity (Wildman–Crippen MR) is 72.3 cm³/mol. The van der Waals surface area contributed by atoms with Crippen LogP contribution in [0.15, 0.2) is 12.1 Å². The summed E-state index contributed by atoms with van der Waals surface area (Å²) in [6, 6.07) is 3.37. The fraction of sp³-hybridized carbons (Fsp3) is 0.500. The van der Waals surface area contributed by atoms with Gasteiger partial charge in [-0.3, -0.25) is 9.79 Å². The van der Waals surface area contributed by atoms with Crippen molar-refractivity contribution in [3.8, 4) is 5.75 Å². The minimum absolute atomic E-state index is 0.0581. The van der Waals surface area contributed by atoms with Crippen molar-refractivity contribution in [1.82, 2.24) is 0 Å². The van der Waals surface area contributed by atoms with E-state index in [1.54, 1.807) is 12.1 Å². The molecule has 102 valence electrons. The van der Waals surface area contributed by atoms with Crippen molar-refractivity contribution in [1.29, 1.82) is 0 Å². The molecular weight excluding hydrogens is 275 g/mol. The molecule has 18 heavy (non-hydrogen) atoms. The summed E-state index contributed by atoms with van der Waals surface area (Å²) in [5.41, 5.74) is 1.41. The monoisotopic (exact) mass is 292 g/mol. The van der Waals surface area contributed by atoms with Crippen molar-refractivity contribution in [2.24, 2.45) is 0 Å². The second-order valence-electron chi connectivity index (χ2n) is 4.80. The second-order valence-corrected chi connectivity index (χ2v) is 6.40. The van der Waals surface area contributed by atoms with Crippen molar-refractivity contribution < 1.29 is 18.9 Å². The summed E-state index contributed by atoms with van der Waals surface area (Å²) in [6.45, 7) is 7.68. The summed E-state index contributed by atoms with van der Waals surface area (Å²) in [7, 11) is -4.58. The highest BCUT2D eigenvalue weighted by molar-refractivity contribution is 7.46. The summed E-state index contributed by atoms with van der Waals surface area (Å²) in [5, 5.41) is 0.542. The smallest absolute Gasteiger partial charge is 0.404 e. The van der Waals surface area contributed by atoms with Crippen LogP contribution in [0.1, 0.15) is 50.7 Å². The molecule has 0 aliphatic rings. The van der Waals surface area contributed by atoms with E-state index in [0.29, 0.717) is 16.1 Å². The van der Waals surface area contributed by atoms with Gasteiger partial charge in [0.15, 0.2) is 0 Å². The predicted octanol–water partition coefficient (Wildman–Crippen LogP) is 4.06. The minimum atomic E-state index is -4.58. The third-order valence-corrected chi connectivity index (χ3v) is 3.20. The van der Waals surface area contributed by atoms with Crippen molar-refractivity contribution in [3.63, 3.8) is 0 Å². The minimum Gasteiger partial charge on any atom is -0.404 e. The molecule has 0 unspecified atom stereocenters. The molecule has 0 fully saturated rings. The Hall–Kier alpha value is -0.540. The maximum atomic E-state index is 11.1. The average molecular weight is 293 g/mol. The van der Waals surface area contributed by atoms with Gasteiger partial charge in [-0.1, -0.05) is 39.3 Å². The van der Waals surface area contributed by atoms with E-state index < -0.39 is 7.82 Å². The van der Waals surface area contributed by atoms with E-state index in [-0.39, 0.29) is 17.6 Å². The Morgan fingerprint density at radius 2 is 1.50 bits per heavy atom. The van der Waals surface area contributed by atoms with Gasteiger partial charge in [-0.05, 0) is 35.1 Å². The van der Waals surface area contributed by atoms with E-state index in [0.717, 1.165) is 0 Å². The van der Waals surface area contributed by atoms with Crippen LogP contribution in [0.5, 0.6) is 5.75 Å². The van der Waals surface area contributed by atoms with E-state index in [1.165, 1.54) is 0 Å². The highest BCUT2D eigenvalue weighted by Crippen LogP contribution is 2.45. The molecule has 0 saturated carbocycles. The summed E-state index contributed by atoms with van der Waals surface area (Å²) in [6.07, 6.45) is 0. The van der Waals surface area contributed by atoms with Gasteiger partial charge in [0.1, 0.15) is 5.75 Å². The highest BCUT2D eigenvalue weighted by atomic mass is 35.5. The first-order chi connectivity index (χ1) is 8.11. The zero-order valence-electron chi connectivity index (χ0n) is 10.8. The normalized spacial score (nSPS) is 12.3. The number of hydrogen-bond donors (Lipinski definition) is 2. The lowest BCUT2D eigenvalue weighted by Crippen LogP contribution is -2.02. The molecule has 0 aliphatic heterocycles. The van der Waals surface area contributed by atoms with Crippen molar-refractivity contribution in [3.05, 3.63) is 28.3 Å². The molecule has 6 heteroatoms. The summed E-state index contributed by atoms with van der Waals surface area (Å²) >= 11 is 6.03. The van der Waals surface area contributed by atoms with Crippen LogP contribution in [0.2, 0.25) is 5.02 Å². The Kier molecular flexibility index (Phi) is 4.84. The first-order valence-corrected chi connectivity index (χ1v) is 7.61. The number of halogens is 1. The zero-order valence-corrected chi connectivity index (χ0v) is 12.5. The van der Waals surface area contributed by atoms with E-state index in [4.69, 9.17) is 25.9 Å². The molecule has 0 heterocycles. The highest BCUT2D eigenvalue weighted by Gasteiger charge is 2.24. The quantitative estimate of drug-likeness (QED) is 0.821. The van der Waals surface area contributed by atoms with Crippen LogP contribution in [0.3, 0.4) is 0 Å². The molecule has 0 radical (unpaired) electrons. The molecule has 0 spiro atoms.